The molecular formula is C26H28N6O6S2. The van der Waals surface area contributed by atoms with Crippen LogP contribution >= 0.6 is 0 Å². The molecule has 12 nitrogen and oxygen atoms in total. The summed E-state index contributed by atoms with van der Waals surface area (Å²) in [5.41, 5.74) is 2.43. The van der Waals surface area contributed by atoms with Crippen LogP contribution in [0.4, 0.5) is 11.4 Å². The number of hydrogen-bond donors (Lipinski definition) is 3. The van der Waals surface area contributed by atoms with Gasteiger partial charge in [0.2, 0.25) is 25.9 Å². The van der Waals surface area contributed by atoms with Gasteiger partial charge in [-0.05, 0) is 42.7 Å². The fourth-order valence-corrected chi connectivity index (χ4v) is 6.63. The lowest BCUT2D eigenvalue weighted by molar-refractivity contribution is 0.353. The molecule has 0 amide bonds. The quantitative estimate of drug-likeness (QED) is 0.239. The van der Waals surface area contributed by atoms with Crippen molar-refractivity contribution in [3.05, 3.63) is 54.9 Å². The predicted octanol–water partition coefficient (Wildman–Crippen LogP) is 3.19. The van der Waals surface area contributed by atoms with E-state index in [1.165, 1.54) is 32.5 Å². The highest BCUT2D eigenvalue weighted by molar-refractivity contribution is 7.90. The Morgan fingerprint density at radius 3 is 2.45 bits per heavy atom. The Bertz CT molecular complexity index is 1790. The van der Waals surface area contributed by atoms with Gasteiger partial charge in [-0.15, -0.1) is 0 Å². The summed E-state index contributed by atoms with van der Waals surface area (Å²) in [6.45, 7) is 1.92. The zero-order valence-corrected chi connectivity index (χ0v) is 23.6. The van der Waals surface area contributed by atoms with Crippen molar-refractivity contribution in [1.29, 1.82) is 0 Å². The third kappa shape index (κ3) is 5.70. The maximum Gasteiger partial charge on any atom is 0.319 e. The molecule has 1 aliphatic rings. The Kier molecular flexibility index (Phi) is 7.59. The first-order chi connectivity index (χ1) is 19.1. The third-order valence-corrected chi connectivity index (χ3v) is 9.27. The summed E-state index contributed by atoms with van der Waals surface area (Å²) >= 11 is 0. The second-order valence-corrected chi connectivity index (χ2v) is 12.5. The number of nitrogens with one attached hydrogen (secondary N) is 3. The minimum Gasteiger partial charge on any atom is -0.480 e. The summed E-state index contributed by atoms with van der Waals surface area (Å²) in [6, 6.07) is 11.5. The molecular weight excluding hydrogens is 556 g/mol. The number of benzene rings is 2. The van der Waals surface area contributed by atoms with E-state index in [2.05, 4.69) is 29.7 Å². The van der Waals surface area contributed by atoms with Gasteiger partial charge in [-0.3, -0.25) is 4.98 Å². The lowest BCUT2D eigenvalue weighted by Crippen LogP contribution is -2.26. The van der Waals surface area contributed by atoms with Gasteiger partial charge in [0.05, 0.1) is 35.9 Å². The first-order valence-corrected chi connectivity index (χ1v) is 15.4. The summed E-state index contributed by atoms with van der Waals surface area (Å²) in [5, 5.41) is 3.66. The van der Waals surface area contributed by atoms with Crippen LogP contribution in [0.25, 0.3) is 22.0 Å². The molecule has 2 aromatic carbocycles. The van der Waals surface area contributed by atoms with Crippen LogP contribution in [0.3, 0.4) is 0 Å². The molecule has 4 aromatic rings. The van der Waals surface area contributed by atoms with Gasteiger partial charge in [0.15, 0.2) is 0 Å². The normalized spacial score (nSPS) is 13.8. The van der Waals surface area contributed by atoms with Crippen molar-refractivity contribution < 1.29 is 26.3 Å². The summed E-state index contributed by atoms with van der Waals surface area (Å²) in [4.78, 5) is 12.9. The van der Waals surface area contributed by atoms with E-state index in [9.17, 15) is 16.8 Å². The van der Waals surface area contributed by atoms with Gasteiger partial charge in [0.1, 0.15) is 4.90 Å². The smallest absolute Gasteiger partial charge is 0.319 e. The van der Waals surface area contributed by atoms with Crippen molar-refractivity contribution >= 4 is 42.3 Å². The molecule has 0 spiro atoms. The second kappa shape index (κ2) is 11.0. The highest BCUT2D eigenvalue weighted by Gasteiger charge is 2.30. The summed E-state index contributed by atoms with van der Waals surface area (Å²) in [5.74, 6) is 0.302. The first-order valence-electron chi connectivity index (χ1n) is 12.4. The van der Waals surface area contributed by atoms with Crippen LogP contribution in [-0.4, -0.2) is 58.6 Å². The van der Waals surface area contributed by atoms with E-state index in [1.54, 1.807) is 43.5 Å². The van der Waals surface area contributed by atoms with Crippen LogP contribution in [0, 0.1) is 0 Å². The number of hydrogen-bond acceptors (Lipinski definition) is 10. The third-order valence-electron chi connectivity index (χ3n) is 6.19. The van der Waals surface area contributed by atoms with Crippen molar-refractivity contribution in [3.63, 3.8) is 0 Å². The fraction of sp³-hybridized carbons (Fsp3) is 0.269. The Morgan fingerprint density at radius 1 is 0.950 bits per heavy atom. The van der Waals surface area contributed by atoms with Gasteiger partial charge in [0, 0.05) is 36.1 Å². The van der Waals surface area contributed by atoms with Crippen LogP contribution in [0.5, 0.6) is 11.9 Å². The largest absolute Gasteiger partial charge is 0.480 e. The lowest BCUT2D eigenvalue weighted by Gasteiger charge is -2.17. The number of sulfonamides is 2. The summed E-state index contributed by atoms with van der Waals surface area (Å²) in [7, 11) is -4.71. The standard InChI is InChI=1S/C26H28N6O6S2/c1-4-29-39(33,34)19-7-5-6-18(13-19)30-24-20-11-8-16(21-14-28-26(38-3)31-25(21)37-2)12-22(20)27-15-23(24)40(35,36)32-17-9-10-17/h5-8,11-15,17,29,32H,4,9-10H2,1-3H3,(H,27,30). The molecule has 0 radical (unpaired) electrons. The molecule has 0 bridgehead atoms. The van der Waals surface area contributed by atoms with Crippen molar-refractivity contribution in [3.8, 4) is 23.0 Å². The van der Waals surface area contributed by atoms with Gasteiger partial charge in [0.25, 0.3) is 0 Å². The molecule has 0 saturated heterocycles. The van der Waals surface area contributed by atoms with E-state index in [0.29, 0.717) is 33.6 Å². The Hall–Kier alpha value is -3.85. The van der Waals surface area contributed by atoms with Crippen molar-refractivity contribution in [2.75, 3.05) is 26.1 Å². The Balaban J connectivity index is 1.64. The molecule has 14 heteroatoms. The van der Waals surface area contributed by atoms with Gasteiger partial charge < -0.3 is 14.8 Å². The zero-order chi connectivity index (χ0) is 28.5. The number of fused-ring (bicyclic) bond motifs is 1. The maximum absolute atomic E-state index is 13.3. The number of nitrogens with zero attached hydrogens (tertiary/aromatic N) is 3. The van der Waals surface area contributed by atoms with Crippen LogP contribution in [-0.2, 0) is 20.0 Å². The van der Waals surface area contributed by atoms with Crippen LogP contribution in [0.1, 0.15) is 19.8 Å². The van der Waals surface area contributed by atoms with E-state index in [1.807, 2.05) is 0 Å². The average Bonchev–Trinajstić information content (AvgIpc) is 3.75. The van der Waals surface area contributed by atoms with E-state index >= 15 is 0 Å². The second-order valence-electron chi connectivity index (χ2n) is 9.06. The number of pyridine rings is 1. The lowest BCUT2D eigenvalue weighted by atomic mass is 10.0. The van der Waals surface area contributed by atoms with Gasteiger partial charge in [-0.2, -0.15) is 4.98 Å². The molecule has 1 saturated carbocycles. The minimum atomic E-state index is -3.93. The number of rotatable bonds is 11. The van der Waals surface area contributed by atoms with Gasteiger partial charge in [-0.25, -0.2) is 31.3 Å². The molecule has 0 aliphatic heterocycles. The van der Waals surface area contributed by atoms with Crippen LogP contribution < -0.4 is 24.2 Å². The van der Waals surface area contributed by atoms with Crippen LogP contribution in [0.2, 0.25) is 0 Å². The SMILES string of the molecule is CCNS(=O)(=O)c1cccc(Nc2c(S(=O)(=O)NC3CC3)cnc3cc(-c4cnc(OC)nc4OC)ccc23)c1. The molecule has 40 heavy (non-hydrogen) atoms. The van der Waals surface area contributed by atoms with E-state index in [4.69, 9.17) is 9.47 Å². The summed E-state index contributed by atoms with van der Waals surface area (Å²) in [6.07, 6.45) is 4.39. The van der Waals surface area contributed by atoms with Crippen molar-refractivity contribution in [1.82, 2.24) is 24.4 Å². The number of aromatic nitrogens is 3. The zero-order valence-electron chi connectivity index (χ0n) is 22.0. The molecule has 2 aromatic heterocycles. The Morgan fingerprint density at radius 2 is 1.75 bits per heavy atom. The van der Waals surface area contributed by atoms with E-state index < -0.39 is 20.0 Å². The average molecular weight is 585 g/mol. The highest BCUT2D eigenvalue weighted by Crippen LogP contribution is 2.37. The molecule has 0 unspecified atom stereocenters. The topological polar surface area (TPSA) is 161 Å². The van der Waals surface area contributed by atoms with Crippen molar-refractivity contribution in [2.45, 2.75) is 35.6 Å². The molecule has 1 aliphatic carbocycles. The van der Waals surface area contributed by atoms with Gasteiger partial charge >= 0.3 is 6.01 Å². The maximum atomic E-state index is 13.3. The molecule has 210 valence electrons. The molecule has 0 atom stereocenters. The minimum absolute atomic E-state index is 0.0483. The first kappa shape index (κ1) is 27.7. The molecule has 3 N–H and O–H groups in total. The number of anilines is 2. The predicted molar refractivity (Wildman–Crippen MR) is 150 cm³/mol. The van der Waals surface area contributed by atoms with Crippen molar-refractivity contribution in [2.24, 2.45) is 0 Å². The number of methoxy groups -OCH3 is 2. The monoisotopic (exact) mass is 584 g/mol. The fourth-order valence-electron chi connectivity index (χ4n) is 4.12. The van der Waals surface area contributed by atoms with Crippen LogP contribution in [0.15, 0.2) is 64.6 Å². The molecule has 2 heterocycles. The summed E-state index contributed by atoms with van der Waals surface area (Å²) < 4.78 is 67.5. The molecule has 5 rings (SSSR count). The van der Waals surface area contributed by atoms with E-state index in [0.717, 1.165) is 12.8 Å². The molecule has 1 fully saturated rings. The number of ether oxygens (including phenoxy) is 2. The Labute approximate surface area is 232 Å². The highest BCUT2D eigenvalue weighted by atomic mass is 32.2. The van der Waals surface area contributed by atoms with Gasteiger partial charge in [-0.1, -0.05) is 25.1 Å². The van der Waals surface area contributed by atoms with E-state index in [-0.39, 0.29) is 34.1 Å².